The number of rotatable bonds is 4. The van der Waals surface area contributed by atoms with Gasteiger partial charge in [0.2, 0.25) is 0 Å². The Balaban J connectivity index is 1.72. The van der Waals surface area contributed by atoms with Crippen molar-refractivity contribution in [2.45, 2.75) is 19.6 Å². The average molecular weight is 335 g/mol. The molecule has 24 heavy (non-hydrogen) atoms. The van der Waals surface area contributed by atoms with Crippen molar-refractivity contribution in [2.75, 3.05) is 5.32 Å². The maximum atomic E-state index is 12.9. The number of fused-ring (bicyclic) bond motifs is 1. The van der Waals surface area contributed by atoms with E-state index in [2.05, 4.69) is 29.4 Å². The summed E-state index contributed by atoms with van der Waals surface area (Å²) in [6, 6.07) is 15.8. The smallest absolute Gasteiger partial charge is 0.258 e. The van der Waals surface area contributed by atoms with Crippen molar-refractivity contribution in [3.63, 3.8) is 0 Å². The summed E-state index contributed by atoms with van der Waals surface area (Å²) in [4.78, 5) is 20.4. The van der Waals surface area contributed by atoms with Gasteiger partial charge in [-0.3, -0.25) is 9.78 Å². The SMILES string of the molecule is Cc1ccccc1N[C@@H]1c2ncccc2C(=O)N1Cc1cccs1. The summed E-state index contributed by atoms with van der Waals surface area (Å²) in [6.45, 7) is 2.64. The van der Waals surface area contributed by atoms with Crippen LogP contribution in [-0.4, -0.2) is 15.8 Å². The Kier molecular flexibility index (Phi) is 3.78. The van der Waals surface area contributed by atoms with Gasteiger partial charge in [-0.2, -0.15) is 0 Å². The van der Waals surface area contributed by atoms with Crippen molar-refractivity contribution in [1.82, 2.24) is 9.88 Å². The average Bonchev–Trinajstić information content (AvgIpc) is 3.20. The molecule has 0 radical (unpaired) electrons. The molecule has 1 aromatic carbocycles. The highest BCUT2D eigenvalue weighted by Gasteiger charge is 2.38. The van der Waals surface area contributed by atoms with E-state index in [1.165, 1.54) is 0 Å². The number of hydrogen-bond donors (Lipinski definition) is 1. The highest BCUT2D eigenvalue weighted by molar-refractivity contribution is 7.09. The Morgan fingerprint density at radius 2 is 2.04 bits per heavy atom. The number of benzene rings is 1. The Labute approximate surface area is 144 Å². The molecule has 1 aliphatic heterocycles. The molecule has 0 unspecified atom stereocenters. The van der Waals surface area contributed by atoms with Gasteiger partial charge in [-0.15, -0.1) is 11.3 Å². The first-order valence-electron chi connectivity index (χ1n) is 7.84. The predicted octanol–water partition coefficient (Wildman–Crippen LogP) is 4.22. The molecular weight excluding hydrogens is 318 g/mol. The highest BCUT2D eigenvalue weighted by Crippen LogP contribution is 2.35. The third-order valence-corrected chi connectivity index (χ3v) is 5.11. The minimum Gasteiger partial charge on any atom is -0.360 e. The lowest BCUT2D eigenvalue weighted by Crippen LogP contribution is -2.32. The second kappa shape index (κ2) is 6.09. The first-order chi connectivity index (χ1) is 11.7. The fourth-order valence-electron chi connectivity index (χ4n) is 3.00. The molecule has 120 valence electrons. The molecule has 0 aliphatic carbocycles. The lowest BCUT2D eigenvalue weighted by molar-refractivity contribution is 0.0729. The van der Waals surface area contributed by atoms with Gasteiger partial charge in [0.15, 0.2) is 0 Å². The molecule has 0 saturated heterocycles. The van der Waals surface area contributed by atoms with E-state index < -0.39 is 0 Å². The third-order valence-electron chi connectivity index (χ3n) is 4.24. The van der Waals surface area contributed by atoms with E-state index in [0.29, 0.717) is 12.1 Å². The first kappa shape index (κ1) is 14.9. The molecular formula is C19H17N3OS. The summed E-state index contributed by atoms with van der Waals surface area (Å²) in [5.74, 6) is 0.0255. The zero-order valence-corrected chi connectivity index (χ0v) is 14.1. The molecule has 1 amide bonds. The van der Waals surface area contributed by atoms with Gasteiger partial charge in [0.05, 0.1) is 17.8 Å². The molecule has 3 aromatic rings. The summed E-state index contributed by atoms with van der Waals surface area (Å²) in [6.07, 6.45) is 1.49. The fraction of sp³-hybridized carbons (Fsp3) is 0.158. The van der Waals surface area contributed by atoms with Crippen LogP contribution in [0.1, 0.15) is 32.7 Å². The van der Waals surface area contributed by atoms with Crippen molar-refractivity contribution in [1.29, 1.82) is 0 Å². The number of hydrogen-bond acceptors (Lipinski definition) is 4. The number of nitrogens with one attached hydrogen (secondary N) is 1. The minimum atomic E-state index is -0.253. The van der Waals surface area contributed by atoms with E-state index in [1.807, 2.05) is 46.7 Å². The van der Waals surface area contributed by atoms with Crippen molar-refractivity contribution in [3.05, 3.63) is 81.8 Å². The maximum absolute atomic E-state index is 12.9. The van der Waals surface area contributed by atoms with Gasteiger partial charge in [0.25, 0.3) is 5.91 Å². The molecule has 0 bridgehead atoms. The second-order valence-electron chi connectivity index (χ2n) is 5.81. The number of carbonyl (C=O) groups excluding carboxylic acids is 1. The highest BCUT2D eigenvalue weighted by atomic mass is 32.1. The standard InChI is InChI=1S/C19H17N3OS/c1-13-6-2-3-9-16(13)21-18-17-15(8-4-10-20-17)19(23)22(18)12-14-7-5-11-24-14/h2-11,18,21H,12H2,1H3/t18-/m0/s1. The molecule has 5 heteroatoms. The number of pyridine rings is 1. The van der Waals surface area contributed by atoms with Crippen LogP contribution in [0.25, 0.3) is 0 Å². The maximum Gasteiger partial charge on any atom is 0.258 e. The van der Waals surface area contributed by atoms with E-state index >= 15 is 0 Å². The van der Waals surface area contributed by atoms with E-state index in [1.54, 1.807) is 17.5 Å². The van der Waals surface area contributed by atoms with Gasteiger partial charge < -0.3 is 10.2 Å². The van der Waals surface area contributed by atoms with Gasteiger partial charge in [-0.1, -0.05) is 24.3 Å². The molecule has 1 atom stereocenters. The molecule has 1 N–H and O–H groups in total. The van der Waals surface area contributed by atoms with Crippen LogP contribution in [-0.2, 0) is 6.54 Å². The molecule has 1 aliphatic rings. The Morgan fingerprint density at radius 1 is 1.17 bits per heavy atom. The van der Waals surface area contributed by atoms with Crippen LogP contribution in [0, 0.1) is 6.92 Å². The number of thiophene rings is 1. The van der Waals surface area contributed by atoms with Crippen LogP contribution >= 0.6 is 11.3 Å². The number of nitrogens with zero attached hydrogens (tertiary/aromatic N) is 2. The number of anilines is 1. The fourth-order valence-corrected chi connectivity index (χ4v) is 3.70. The van der Waals surface area contributed by atoms with E-state index in [4.69, 9.17) is 0 Å². The quantitative estimate of drug-likeness (QED) is 0.776. The van der Waals surface area contributed by atoms with Crippen LogP contribution in [0.2, 0.25) is 0 Å². The molecule has 2 aromatic heterocycles. The predicted molar refractivity (Wildman–Crippen MR) is 96.0 cm³/mol. The number of amides is 1. The summed E-state index contributed by atoms with van der Waals surface area (Å²) in [5.41, 5.74) is 3.64. The van der Waals surface area contributed by atoms with Crippen LogP contribution in [0.4, 0.5) is 5.69 Å². The van der Waals surface area contributed by atoms with Crippen molar-refractivity contribution in [2.24, 2.45) is 0 Å². The molecule has 0 saturated carbocycles. The van der Waals surface area contributed by atoms with Crippen LogP contribution in [0.3, 0.4) is 0 Å². The minimum absolute atomic E-state index is 0.0255. The zero-order chi connectivity index (χ0) is 16.5. The van der Waals surface area contributed by atoms with Crippen molar-refractivity contribution < 1.29 is 4.79 Å². The van der Waals surface area contributed by atoms with Gasteiger partial charge in [-0.25, -0.2) is 0 Å². The first-order valence-corrected chi connectivity index (χ1v) is 8.72. The molecule has 4 nitrogen and oxygen atoms in total. The van der Waals surface area contributed by atoms with Crippen LogP contribution in [0.5, 0.6) is 0 Å². The largest absolute Gasteiger partial charge is 0.360 e. The summed E-state index contributed by atoms with van der Waals surface area (Å²) in [7, 11) is 0. The van der Waals surface area contributed by atoms with Crippen LogP contribution in [0.15, 0.2) is 60.1 Å². The van der Waals surface area contributed by atoms with Crippen molar-refractivity contribution in [3.8, 4) is 0 Å². The number of aromatic nitrogens is 1. The monoisotopic (exact) mass is 335 g/mol. The van der Waals surface area contributed by atoms with E-state index in [-0.39, 0.29) is 12.1 Å². The van der Waals surface area contributed by atoms with Gasteiger partial charge in [0, 0.05) is 16.8 Å². The third kappa shape index (κ3) is 2.57. The number of aryl methyl sites for hydroxylation is 1. The van der Waals surface area contributed by atoms with Gasteiger partial charge in [0.1, 0.15) is 6.17 Å². The summed E-state index contributed by atoms with van der Waals surface area (Å²) < 4.78 is 0. The topological polar surface area (TPSA) is 45.2 Å². The zero-order valence-electron chi connectivity index (χ0n) is 13.3. The lowest BCUT2D eigenvalue weighted by Gasteiger charge is -2.26. The molecule has 4 rings (SSSR count). The Hall–Kier alpha value is -2.66. The van der Waals surface area contributed by atoms with E-state index in [0.717, 1.165) is 21.8 Å². The Bertz CT molecular complexity index is 876. The summed E-state index contributed by atoms with van der Waals surface area (Å²) >= 11 is 1.66. The van der Waals surface area contributed by atoms with Gasteiger partial charge >= 0.3 is 0 Å². The molecule has 0 spiro atoms. The molecule has 0 fully saturated rings. The van der Waals surface area contributed by atoms with E-state index in [9.17, 15) is 4.79 Å². The number of carbonyl (C=O) groups is 1. The second-order valence-corrected chi connectivity index (χ2v) is 6.84. The normalized spacial score (nSPS) is 16.3. The Morgan fingerprint density at radius 3 is 2.83 bits per heavy atom. The van der Waals surface area contributed by atoms with Crippen LogP contribution < -0.4 is 5.32 Å². The summed E-state index contributed by atoms with van der Waals surface area (Å²) in [5, 5.41) is 5.54. The number of para-hydroxylation sites is 1. The molecule has 3 heterocycles. The van der Waals surface area contributed by atoms with Crippen molar-refractivity contribution >= 4 is 22.9 Å². The lowest BCUT2D eigenvalue weighted by atomic mass is 10.1. The van der Waals surface area contributed by atoms with Gasteiger partial charge in [-0.05, 0) is 42.1 Å².